The molecular formula is C18H23N2O7PSe. The molecule has 2 aromatic rings. The Morgan fingerprint density at radius 3 is 2.62 bits per heavy atom. The molecule has 158 valence electrons. The third kappa shape index (κ3) is 4.98. The Morgan fingerprint density at radius 2 is 1.97 bits per heavy atom. The van der Waals surface area contributed by atoms with Gasteiger partial charge in [0.2, 0.25) is 0 Å². The van der Waals surface area contributed by atoms with E-state index in [9.17, 15) is 14.2 Å². The number of nitrogens with zero attached hydrogens (tertiary/aromatic N) is 1. The van der Waals surface area contributed by atoms with Gasteiger partial charge in [-0.3, -0.25) is 0 Å². The summed E-state index contributed by atoms with van der Waals surface area (Å²) < 4.78 is 36.6. The van der Waals surface area contributed by atoms with Crippen LogP contribution in [0.15, 0.2) is 46.1 Å². The average molecular weight is 489 g/mol. The van der Waals surface area contributed by atoms with Crippen LogP contribution in [0.5, 0.6) is 0 Å². The summed E-state index contributed by atoms with van der Waals surface area (Å²) in [7, 11) is -0.989. The number of aromatic amines is 1. The molecule has 0 radical (unpaired) electrons. The Hall–Kier alpha value is -1.51. The molecule has 1 aromatic heterocycles. The number of benzene rings is 1. The number of hydrogen-bond acceptors (Lipinski definition) is 7. The Bertz CT molecular complexity index is 1000. The molecule has 1 aliphatic heterocycles. The van der Waals surface area contributed by atoms with Gasteiger partial charge in [-0.15, -0.1) is 0 Å². The second kappa shape index (κ2) is 9.10. The van der Waals surface area contributed by atoms with Crippen LogP contribution in [0.1, 0.15) is 12.0 Å². The zero-order valence-electron chi connectivity index (χ0n) is 16.3. The van der Waals surface area contributed by atoms with Gasteiger partial charge in [0.1, 0.15) is 0 Å². The Kier molecular flexibility index (Phi) is 6.96. The first-order chi connectivity index (χ1) is 13.8. The van der Waals surface area contributed by atoms with E-state index < -0.39 is 31.1 Å². The topological polar surface area (TPSA) is 109 Å². The van der Waals surface area contributed by atoms with Crippen molar-refractivity contribution in [1.29, 1.82) is 0 Å². The molecule has 1 N–H and O–H groups in total. The molecule has 0 aliphatic carbocycles. The van der Waals surface area contributed by atoms with Crippen LogP contribution in [0.4, 0.5) is 0 Å². The SMILES string of the molecule is COP(=O)(CO[C@]1(n2cc(C)c(=O)[nH]c2=O)C[C@H]([Se]c2ccccc2)CO1)OC. The van der Waals surface area contributed by atoms with E-state index in [1.54, 1.807) is 6.92 Å². The van der Waals surface area contributed by atoms with E-state index in [0.29, 0.717) is 18.6 Å². The summed E-state index contributed by atoms with van der Waals surface area (Å²) in [5.74, 6) is -1.51. The molecule has 0 spiro atoms. The van der Waals surface area contributed by atoms with Gasteiger partial charge < -0.3 is 0 Å². The molecule has 1 aromatic carbocycles. The fourth-order valence-corrected chi connectivity index (χ4v) is 6.00. The molecule has 1 saturated heterocycles. The number of nitrogens with one attached hydrogen (secondary N) is 1. The van der Waals surface area contributed by atoms with Crippen molar-refractivity contribution in [3.05, 3.63) is 62.9 Å². The van der Waals surface area contributed by atoms with E-state index in [1.807, 2.05) is 30.3 Å². The van der Waals surface area contributed by atoms with Crippen LogP contribution in [-0.2, 0) is 29.0 Å². The first kappa shape index (κ1) is 22.2. The maximum atomic E-state index is 12.5. The molecule has 1 fully saturated rings. The predicted octanol–water partition coefficient (Wildman–Crippen LogP) is 1.15. The van der Waals surface area contributed by atoms with Gasteiger partial charge in [0.05, 0.1) is 0 Å². The third-order valence-corrected chi connectivity index (χ3v) is 8.55. The van der Waals surface area contributed by atoms with Gasteiger partial charge in [0.15, 0.2) is 0 Å². The second-order valence-electron chi connectivity index (χ2n) is 6.47. The molecule has 0 unspecified atom stereocenters. The third-order valence-electron chi connectivity index (χ3n) is 4.52. The van der Waals surface area contributed by atoms with E-state index in [4.69, 9.17) is 18.5 Å². The molecule has 2 atom stereocenters. The standard InChI is InChI=1S/C18H23N2O7PSe/c1-13-10-20(17(22)19-16(13)21)18(27-12-28(23,24-2)25-3)9-15(11-26-18)29-14-7-5-4-6-8-14/h4-8,10,15H,9,11-12H2,1-3H3,(H,19,21,22)/t15-,18-/m0/s1. The molecule has 0 amide bonds. The van der Waals surface area contributed by atoms with E-state index in [2.05, 4.69) is 4.98 Å². The summed E-state index contributed by atoms with van der Waals surface area (Å²) in [6, 6.07) is 9.98. The van der Waals surface area contributed by atoms with Gasteiger partial charge in [-0.1, -0.05) is 0 Å². The molecule has 29 heavy (non-hydrogen) atoms. The van der Waals surface area contributed by atoms with Crippen LogP contribution in [0.25, 0.3) is 0 Å². The maximum absolute atomic E-state index is 12.5. The molecule has 1 aliphatic rings. The zero-order chi connectivity index (χ0) is 21.1. The molecule has 11 heteroatoms. The fourth-order valence-electron chi connectivity index (χ4n) is 2.91. The molecule has 0 saturated carbocycles. The first-order valence-corrected chi connectivity index (χ1v) is 12.4. The van der Waals surface area contributed by atoms with Gasteiger partial charge in [-0.25, -0.2) is 0 Å². The van der Waals surface area contributed by atoms with Gasteiger partial charge in [0.25, 0.3) is 0 Å². The molecule has 0 bridgehead atoms. The van der Waals surface area contributed by atoms with Crippen molar-refractivity contribution in [3.63, 3.8) is 0 Å². The van der Waals surface area contributed by atoms with Gasteiger partial charge >= 0.3 is 174 Å². The quantitative estimate of drug-likeness (QED) is 0.438. The number of hydrogen-bond donors (Lipinski definition) is 1. The van der Waals surface area contributed by atoms with E-state index >= 15 is 0 Å². The number of H-pyrrole nitrogens is 1. The summed E-state index contributed by atoms with van der Waals surface area (Å²) in [4.78, 5) is 26.7. The molecule has 3 rings (SSSR count). The van der Waals surface area contributed by atoms with Gasteiger partial charge in [-0.2, -0.15) is 0 Å². The molecular weight excluding hydrogens is 466 g/mol. The average Bonchev–Trinajstić information content (AvgIpc) is 3.13. The molecule has 9 nitrogen and oxygen atoms in total. The van der Waals surface area contributed by atoms with Crippen LogP contribution in [0.3, 0.4) is 0 Å². The number of aryl methyl sites for hydroxylation is 1. The van der Waals surface area contributed by atoms with Gasteiger partial charge in [0, 0.05) is 0 Å². The van der Waals surface area contributed by atoms with Crippen LogP contribution >= 0.6 is 7.60 Å². The summed E-state index contributed by atoms with van der Waals surface area (Å²) in [5.41, 5.74) is -0.822. The number of rotatable bonds is 8. The Morgan fingerprint density at radius 1 is 1.28 bits per heavy atom. The van der Waals surface area contributed by atoms with Crippen LogP contribution < -0.4 is 15.7 Å². The van der Waals surface area contributed by atoms with Crippen molar-refractivity contribution in [2.45, 2.75) is 24.1 Å². The Balaban J connectivity index is 1.93. The summed E-state index contributed by atoms with van der Waals surface area (Å²) in [6.45, 7) is 1.93. The van der Waals surface area contributed by atoms with Crippen molar-refractivity contribution in [1.82, 2.24) is 9.55 Å². The van der Waals surface area contributed by atoms with Crippen molar-refractivity contribution in [2.75, 3.05) is 27.2 Å². The van der Waals surface area contributed by atoms with E-state index in [1.165, 1.54) is 29.4 Å². The normalized spacial score (nSPS) is 22.1. The number of ether oxygens (including phenoxy) is 2. The minimum atomic E-state index is -3.50. The summed E-state index contributed by atoms with van der Waals surface area (Å²) >= 11 is 0.0689. The van der Waals surface area contributed by atoms with Crippen molar-refractivity contribution in [3.8, 4) is 0 Å². The van der Waals surface area contributed by atoms with E-state index in [0.717, 1.165) is 0 Å². The zero-order valence-corrected chi connectivity index (χ0v) is 18.9. The second-order valence-corrected chi connectivity index (χ2v) is 11.6. The minimum absolute atomic E-state index is 0.0689. The van der Waals surface area contributed by atoms with Crippen LogP contribution in [0.2, 0.25) is 4.82 Å². The summed E-state index contributed by atoms with van der Waals surface area (Å²) in [6.07, 6.45) is 1.33. The molecule has 2 heterocycles. The first-order valence-electron chi connectivity index (χ1n) is 8.84. The summed E-state index contributed by atoms with van der Waals surface area (Å²) in [5, 5.41) is 0. The van der Waals surface area contributed by atoms with Crippen molar-refractivity contribution in [2.24, 2.45) is 0 Å². The fraction of sp³-hybridized carbons (Fsp3) is 0.444. The van der Waals surface area contributed by atoms with Crippen LogP contribution in [-0.4, -0.2) is 51.7 Å². The monoisotopic (exact) mass is 490 g/mol. The van der Waals surface area contributed by atoms with Crippen molar-refractivity contribution < 1.29 is 23.1 Å². The van der Waals surface area contributed by atoms with Gasteiger partial charge in [-0.05, 0) is 0 Å². The number of aromatic nitrogens is 2. The Labute approximate surface area is 174 Å². The van der Waals surface area contributed by atoms with Crippen LogP contribution in [0, 0.1) is 6.92 Å². The van der Waals surface area contributed by atoms with Crippen molar-refractivity contribution >= 4 is 27.0 Å². The predicted molar refractivity (Wildman–Crippen MR) is 108 cm³/mol. The van der Waals surface area contributed by atoms with E-state index in [-0.39, 0.29) is 19.8 Å².